The summed E-state index contributed by atoms with van der Waals surface area (Å²) in [4.78, 5) is 25.8. The predicted molar refractivity (Wildman–Crippen MR) is 81.3 cm³/mol. The number of hydrogen-bond acceptors (Lipinski definition) is 8. The van der Waals surface area contributed by atoms with Gasteiger partial charge >= 0.3 is 7.82 Å². The van der Waals surface area contributed by atoms with Gasteiger partial charge in [0.1, 0.15) is 28.5 Å². The zero-order valence-corrected chi connectivity index (χ0v) is 14.0. The van der Waals surface area contributed by atoms with Crippen molar-refractivity contribution in [2.75, 3.05) is 6.61 Å². The lowest BCUT2D eigenvalue weighted by Gasteiger charge is -2.16. The van der Waals surface area contributed by atoms with E-state index in [-0.39, 0.29) is 0 Å². The molecule has 0 aromatic carbocycles. The molecule has 13 heteroatoms. The van der Waals surface area contributed by atoms with E-state index in [4.69, 9.17) is 26.7 Å². The van der Waals surface area contributed by atoms with Gasteiger partial charge in [0, 0.05) is 7.05 Å². The van der Waals surface area contributed by atoms with Gasteiger partial charge in [-0.2, -0.15) is 0 Å². The van der Waals surface area contributed by atoms with Gasteiger partial charge < -0.3 is 29.3 Å². The van der Waals surface area contributed by atoms with Crippen LogP contribution in [0.15, 0.2) is 12.7 Å². The summed E-state index contributed by atoms with van der Waals surface area (Å²) >= 11 is 5.23. The summed E-state index contributed by atoms with van der Waals surface area (Å²) in [7, 11) is -3.00. The van der Waals surface area contributed by atoms with E-state index in [9.17, 15) is 14.8 Å². The lowest BCUT2D eigenvalue weighted by Crippen LogP contribution is -2.33. The molecule has 11 nitrogen and oxygen atoms in total. The third-order valence-electron chi connectivity index (χ3n) is 3.66. The first-order chi connectivity index (χ1) is 11.2. The summed E-state index contributed by atoms with van der Waals surface area (Å²) < 4.78 is 24.0. The molecule has 0 radical (unpaired) electrons. The van der Waals surface area contributed by atoms with Crippen molar-refractivity contribution in [1.82, 2.24) is 19.1 Å². The van der Waals surface area contributed by atoms with Gasteiger partial charge in [-0.1, -0.05) is 12.2 Å². The van der Waals surface area contributed by atoms with E-state index in [1.165, 1.54) is 17.2 Å². The summed E-state index contributed by atoms with van der Waals surface area (Å²) in [6, 6.07) is 0. The minimum atomic E-state index is -4.72. The molecule has 3 heterocycles. The van der Waals surface area contributed by atoms with Crippen LogP contribution in [0.4, 0.5) is 0 Å². The molecule has 1 aliphatic heterocycles. The number of aryl methyl sites for hydroxylation is 1. The SMILES string of the molecule is Cn1cnc2c(ncn2[C@@H]2O[C@H](COP(=O)(O)O)[C@@H](O)[C@H]2O)c1=S. The van der Waals surface area contributed by atoms with Crippen molar-refractivity contribution >= 4 is 31.2 Å². The second-order valence-electron chi connectivity index (χ2n) is 5.32. The number of imidazole rings is 1. The Morgan fingerprint density at radius 3 is 2.71 bits per heavy atom. The highest BCUT2D eigenvalue weighted by Crippen LogP contribution is 2.38. The normalized spacial score (nSPS) is 27.9. The maximum atomic E-state index is 10.8. The Labute approximate surface area is 140 Å². The Bertz CT molecular complexity index is 864. The topological polar surface area (TPSA) is 152 Å². The summed E-state index contributed by atoms with van der Waals surface area (Å²) in [5, 5.41) is 20.2. The number of hydrogen-bond donors (Lipinski definition) is 4. The van der Waals surface area contributed by atoms with Crippen LogP contribution in [-0.2, 0) is 20.9 Å². The molecule has 0 saturated carbocycles. The molecular formula is C11H15N4O7PS. The van der Waals surface area contributed by atoms with Crippen LogP contribution < -0.4 is 0 Å². The summed E-state index contributed by atoms with van der Waals surface area (Å²) in [5.41, 5.74) is 0.779. The van der Waals surface area contributed by atoms with Crippen LogP contribution >= 0.6 is 20.0 Å². The number of fused-ring (bicyclic) bond motifs is 1. The molecule has 2 aromatic heterocycles. The van der Waals surface area contributed by atoms with E-state index >= 15 is 0 Å². The number of ether oxygens (including phenoxy) is 1. The van der Waals surface area contributed by atoms with Gasteiger partial charge in [-0.3, -0.25) is 9.09 Å². The monoisotopic (exact) mass is 378 g/mol. The molecule has 1 saturated heterocycles. The van der Waals surface area contributed by atoms with Crippen LogP contribution in [0.2, 0.25) is 0 Å². The van der Waals surface area contributed by atoms with E-state index in [0.717, 1.165) is 0 Å². The van der Waals surface area contributed by atoms with Crippen molar-refractivity contribution in [3.63, 3.8) is 0 Å². The van der Waals surface area contributed by atoms with Gasteiger partial charge in [-0.15, -0.1) is 0 Å². The summed E-state index contributed by atoms with van der Waals surface area (Å²) in [5.74, 6) is 0. The molecular weight excluding hydrogens is 363 g/mol. The molecule has 24 heavy (non-hydrogen) atoms. The van der Waals surface area contributed by atoms with Crippen LogP contribution in [0.1, 0.15) is 6.23 Å². The molecule has 1 fully saturated rings. The fraction of sp³-hybridized carbons (Fsp3) is 0.545. The van der Waals surface area contributed by atoms with Gasteiger partial charge in [0.2, 0.25) is 0 Å². The Morgan fingerprint density at radius 1 is 1.33 bits per heavy atom. The highest BCUT2D eigenvalue weighted by molar-refractivity contribution is 7.71. The lowest BCUT2D eigenvalue weighted by atomic mass is 10.1. The van der Waals surface area contributed by atoms with Crippen molar-refractivity contribution in [1.29, 1.82) is 0 Å². The van der Waals surface area contributed by atoms with Crippen molar-refractivity contribution in [2.24, 2.45) is 7.05 Å². The molecule has 0 aliphatic carbocycles. The molecule has 4 N–H and O–H groups in total. The number of aromatic nitrogens is 4. The summed E-state index contributed by atoms with van der Waals surface area (Å²) in [6.45, 7) is -0.583. The smallest absolute Gasteiger partial charge is 0.387 e. The van der Waals surface area contributed by atoms with Crippen LogP contribution in [0.5, 0.6) is 0 Å². The Morgan fingerprint density at radius 2 is 2.04 bits per heavy atom. The van der Waals surface area contributed by atoms with Gasteiger partial charge in [0.05, 0.1) is 19.3 Å². The van der Waals surface area contributed by atoms with Gasteiger partial charge in [-0.05, 0) is 0 Å². The first kappa shape index (κ1) is 17.6. The molecule has 132 valence electrons. The largest absolute Gasteiger partial charge is 0.469 e. The molecule has 0 bridgehead atoms. The van der Waals surface area contributed by atoms with Crippen molar-refractivity contribution in [3.05, 3.63) is 17.3 Å². The number of rotatable bonds is 4. The third-order valence-corrected chi connectivity index (χ3v) is 4.63. The van der Waals surface area contributed by atoms with Crippen molar-refractivity contribution < 1.29 is 33.8 Å². The zero-order valence-electron chi connectivity index (χ0n) is 12.3. The minimum absolute atomic E-state index is 0.353. The molecule has 0 spiro atoms. The first-order valence-electron chi connectivity index (χ1n) is 6.79. The third kappa shape index (κ3) is 3.15. The molecule has 3 rings (SSSR count). The van der Waals surface area contributed by atoms with Crippen LogP contribution in [0, 0.1) is 4.64 Å². The van der Waals surface area contributed by atoms with E-state index in [1.54, 1.807) is 11.6 Å². The Hall–Kier alpha value is -1.24. The van der Waals surface area contributed by atoms with Crippen LogP contribution in [0.3, 0.4) is 0 Å². The average Bonchev–Trinajstić information content (AvgIpc) is 3.04. The molecule has 0 unspecified atom stereocenters. The number of phosphoric acid groups is 1. The van der Waals surface area contributed by atoms with Gasteiger partial charge in [-0.25, -0.2) is 14.5 Å². The second kappa shape index (κ2) is 6.24. The first-order valence-corrected chi connectivity index (χ1v) is 8.73. The fourth-order valence-corrected chi connectivity index (χ4v) is 2.98. The second-order valence-corrected chi connectivity index (χ2v) is 6.94. The van der Waals surface area contributed by atoms with E-state index in [1.807, 2.05) is 0 Å². The van der Waals surface area contributed by atoms with Crippen molar-refractivity contribution in [3.8, 4) is 0 Å². The average molecular weight is 378 g/mol. The van der Waals surface area contributed by atoms with Crippen LogP contribution in [-0.4, -0.2) is 64.0 Å². The van der Waals surface area contributed by atoms with E-state index in [2.05, 4.69) is 14.5 Å². The lowest BCUT2D eigenvalue weighted by molar-refractivity contribution is -0.0504. The molecule has 4 atom stereocenters. The molecule has 0 amide bonds. The van der Waals surface area contributed by atoms with Crippen LogP contribution in [0.25, 0.3) is 11.2 Å². The zero-order chi connectivity index (χ0) is 17.6. The summed E-state index contributed by atoms with van der Waals surface area (Å²) in [6.07, 6.45) is -2.10. The standard InChI is InChI=1S/C11H15N4O7PS/c1-14-3-13-9-6(11(14)24)12-4-15(9)10-8(17)7(16)5(22-10)2-21-23(18,19)20/h3-5,7-8,10,16-17H,2H2,1H3,(H2,18,19,20)/t5-,7-,8-,10-/m1/s1. The molecule has 2 aromatic rings. The quantitative estimate of drug-likeness (QED) is 0.394. The maximum absolute atomic E-state index is 10.8. The van der Waals surface area contributed by atoms with E-state index in [0.29, 0.717) is 15.8 Å². The predicted octanol–water partition coefficient (Wildman–Crippen LogP) is -0.772. The highest BCUT2D eigenvalue weighted by Gasteiger charge is 2.45. The van der Waals surface area contributed by atoms with Gasteiger partial charge in [0.25, 0.3) is 0 Å². The van der Waals surface area contributed by atoms with Gasteiger partial charge in [0.15, 0.2) is 11.9 Å². The fourth-order valence-electron chi connectivity index (χ4n) is 2.45. The number of aliphatic hydroxyl groups excluding tert-OH is 2. The highest BCUT2D eigenvalue weighted by atomic mass is 32.1. The van der Waals surface area contributed by atoms with E-state index < -0.39 is 39.0 Å². The maximum Gasteiger partial charge on any atom is 0.469 e. The number of nitrogens with zero attached hydrogens (tertiary/aromatic N) is 4. The minimum Gasteiger partial charge on any atom is -0.387 e. The Balaban J connectivity index is 1.89. The number of phosphoric ester groups is 1. The molecule has 1 aliphatic rings. The Kier molecular flexibility index (Phi) is 4.57. The van der Waals surface area contributed by atoms with Crippen molar-refractivity contribution in [2.45, 2.75) is 24.5 Å². The number of aliphatic hydroxyl groups is 2.